The van der Waals surface area contributed by atoms with Crippen molar-refractivity contribution >= 4 is 46.0 Å². The minimum absolute atomic E-state index is 0.0555. The summed E-state index contributed by atoms with van der Waals surface area (Å²) in [6.07, 6.45) is 4.03. The highest BCUT2D eigenvalue weighted by molar-refractivity contribution is 6.23. The minimum Gasteiger partial charge on any atom is -0.488 e. The van der Waals surface area contributed by atoms with E-state index in [0.29, 0.717) is 11.1 Å². The number of nitrogens with zero attached hydrogens (tertiary/aromatic N) is 8. The van der Waals surface area contributed by atoms with Crippen molar-refractivity contribution < 1.29 is 23.9 Å². The Balaban J connectivity index is 0.718. The van der Waals surface area contributed by atoms with Crippen LogP contribution < -0.4 is 19.9 Å². The average molecular weight is 795 g/mol. The molecule has 4 amide bonds. The smallest absolute Gasteiger partial charge is 0.262 e. The summed E-state index contributed by atoms with van der Waals surface area (Å²) in [6, 6.07) is 21.3. The first kappa shape index (κ1) is 37.1. The van der Waals surface area contributed by atoms with Crippen molar-refractivity contribution in [2.45, 2.75) is 57.3 Å². The van der Waals surface area contributed by atoms with Gasteiger partial charge >= 0.3 is 0 Å². The predicted octanol–water partition coefficient (Wildman–Crippen LogP) is 4.00. The lowest BCUT2D eigenvalue weighted by molar-refractivity contribution is -0.136. The average Bonchev–Trinajstić information content (AvgIpc) is 3.73. The molecule has 6 heterocycles. The van der Waals surface area contributed by atoms with E-state index in [1.807, 2.05) is 18.2 Å². The Hall–Kier alpha value is -6.19. The molecule has 4 aliphatic heterocycles. The molecule has 0 radical (unpaired) electrons. The van der Waals surface area contributed by atoms with Gasteiger partial charge in [-0.2, -0.15) is 5.10 Å². The molecule has 1 unspecified atom stereocenters. The number of H-pyrrole nitrogens is 1. The van der Waals surface area contributed by atoms with Gasteiger partial charge in [-0.25, -0.2) is 9.97 Å². The fraction of sp³-hybridized carbons (Fsp3) is 0.386. The number of aromatic amines is 1. The van der Waals surface area contributed by atoms with Gasteiger partial charge in [0.1, 0.15) is 29.5 Å². The van der Waals surface area contributed by atoms with Gasteiger partial charge in [0, 0.05) is 89.0 Å². The maximum absolute atomic E-state index is 13.4. The number of amides is 4. The lowest BCUT2D eigenvalue weighted by Crippen LogP contribution is -2.54. The molecule has 3 saturated heterocycles. The van der Waals surface area contributed by atoms with E-state index in [0.717, 1.165) is 123 Å². The molecule has 2 N–H and O–H groups in total. The van der Waals surface area contributed by atoms with Crippen molar-refractivity contribution in [1.29, 1.82) is 0 Å². The second kappa shape index (κ2) is 14.9. The Kier molecular flexibility index (Phi) is 9.36. The van der Waals surface area contributed by atoms with Crippen LogP contribution >= 0.6 is 0 Å². The number of imide groups is 2. The van der Waals surface area contributed by atoms with Crippen LogP contribution in [0.3, 0.4) is 0 Å². The quantitative estimate of drug-likeness (QED) is 0.196. The van der Waals surface area contributed by atoms with E-state index < -0.39 is 23.8 Å². The first-order valence-electron chi connectivity index (χ1n) is 20.5. The van der Waals surface area contributed by atoms with Crippen molar-refractivity contribution in [1.82, 2.24) is 40.2 Å². The molecule has 10 rings (SSSR count). The molecule has 5 aliphatic rings. The molecule has 1 atom stereocenters. The number of anilines is 2. The summed E-state index contributed by atoms with van der Waals surface area (Å²) in [7, 11) is 0. The zero-order chi connectivity index (χ0) is 40.3. The molecule has 1 aliphatic carbocycles. The van der Waals surface area contributed by atoms with E-state index in [2.05, 4.69) is 88.4 Å². The van der Waals surface area contributed by atoms with Crippen molar-refractivity contribution in [2.24, 2.45) is 0 Å². The number of piperazine rings is 2. The van der Waals surface area contributed by atoms with Crippen molar-refractivity contribution in [3.63, 3.8) is 0 Å². The highest BCUT2D eigenvalue weighted by Gasteiger charge is 2.45. The predicted molar refractivity (Wildman–Crippen MR) is 220 cm³/mol. The van der Waals surface area contributed by atoms with Gasteiger partial charge in [-0.3, -0.25) is 44.3 Å². The van der Waals surface area contributed by atoms with Gasteiger partial charge in [0.05, 0.1) is 28.0 Å². The SMILES string of the molecule is CC1(Oc2ccc3n[nH]c(-c4cc(N5CCN(Cc6cccc(CN7CCN(c8ccc9c(c8)C(=O)N(C8CCC(=O)NC8=O)C9=O)CC7)c6)CC5)ncn4)c3c2)CC1. The fourth-order valence-electron chi connectivity index (χ4n) is 8.77. The zero-order valence-corrected chi connectivity index (χ0v) is 33.0. The number of fused-ring (bicyclic) bond motifs is 2. The van der Waals surface area contributed by atoms with Crippen LogP contribution in [0.25, 0.3) is 22.3 Å². The van der Waals surface area contributed by atoms with E-state index in [4.69, 9.17) is 4.74 Å². The molecule has 3 aromatic carbocycles. The Labute approximate surface area is 341 Å². The standard InChI is InChI=1S/C44H46N10O5/c1-44(11-12-44)59-31-6-8-35-34(23-31)40(49-48-35)36-24-38(46-27-45-36)53-19-15-51(16-20-53)26-29-4-2-3-28(21-29)25-50-13-17-52(18-14-50)30-5-7-32-33(22-30)43(58)54(42(32)57)37-9-10-39(55)47-41(37)56/h2-8,21-24,27,37H,9-20,25-26H2,1H3,(H,48,49)(H,47,55,56). The second-order valence-electron chi connectivity index (χ2n) is 16.6. The minimum atomic E-state index is -0.971. The van der Waals surface area contributed by atoms with Crippen LogP contribution in [0.15, 0.2) is 73.1 Å². The summed E-state index contributed by atoms with van der Waals surface area (Å²) in [5.41, 5.74) is 6.57. The number of carbonyl (C=O) groups is 4. The summed E-state index contributed by atoms with van der Waals surface area (Å²) in [6.45, 7) is 10.7. The second-order valence-corrected chi connectivity index (χ2v) is 16.6. The van der Waals surface area contributed by atoms with Crippen LogP contribution in [0.4, 0.5) is 11.5 Å². The topological polar surface area (TPSA) is 160 Å². The normalized spacial score (nSPS) is 21.0. The van der Waals surface area contributed by atoms with Crippen LogP contribution in [0.5, 0.6) is 5.75 Å². The molecular weight excluding hydrogens is 749 g/mol. The lowest BCUT2D eigenvalue weighted by atomic mass is 10.0. The number of aromatic nitrogens is 4. The van der Waals surface area contributed by atoms with E-state index in [1.165, 1.54) is 11.1 Å². The molecular formula is C44H46N10O5. The Bertz CT molecular complexity index is 2480. The van der Waals surface area contributed by atoms with Crippen molar-refractivity contribution in [3.05, 3.63) is 95.3 Å². The number of rotatable bonds is 10. The molecule has 0 bridgehead atoms. The summed E-state index contributed by atoms with van der Waals surface area (Å²) < 4.78 is 6.22. The van der Waals surface area contributed by atoms with E-state index >= 15 is 0 Å². The Morgan fingerprint density at radius 3 is 2.19 bits per heavy atom. The molecule has 302 valence electrons. The monoisotopic (exact) mass is 794 g/mol. The first-order chi connectivity index (χ1) is 28.7. The van der Waals surface area contributed by atoms with Crippen LogP contribution in [0.2, 0.25) is 0 Å². The zero-order valence-electron chi connectivity index (χ0n) is 33.0. The van der Waals surface area contributed by atoms with Crippen LogP contribution in [-0.2, 0) is 22.7 Å². The molecule has 1 saturated carbocycles. The van der Waals surface area contributed by atoms with Crippen LogP contribution in [0.1, 0.15) is 64.4 Å². The number of ether oxygens (including phenoxy) is 1. The number of benzene rings is 3. The molecule has 0 spiro atoms. The third-order valence-electron chi connectivity index (χ3n) is 12.4. The molecule has 15 heteroatoms. The van der Waals surface area contributed by atoms with Gasteiger partial charge in [-0.15, -0.1) is 0 Å². The van der Waals surface area contributed by atoms with Gasteiger partial charge in [0.15, 0.2) is 0 Å². The lowest BCUT2D eigenvalue weighted by Gasteiger charge is -2.36. The summed E-state index contributed by atoms with van der Waals surface area (Å²) in [5.74, 6) is -0.194. The van der Waals surface area contributed by atoms with Crippen LogP contribution in [0, 0.1) is 0 Å². The number of nitrogens with one attached hydrogen (secondary N) is 2. The first-order valence-corrected chi connectivity index (χ1v) is 20.5. The highest BCUT2D eigenvalue weighted by atomic mass is 16.5. The Morgan fingerprint density at radius 2 is 1.47 bits per heavy atom. The summed E-state index contributed by atoms with van der Waals surface area (Å²) in [5, 5.41) is 11.0. The number of piperidine rings is 1. The van der Waals surface area contributed by atoms with E-state index in [1.54, 1.807) is 18.5 Å². The summed E-state index contributed by atoms with van der Waals surface area (Å²) in [4.78, 5) is 70.4. The van der Waals surface area contributed by atoms with Crippen molar-refractivity contribution in [3.8, 4) is 17.1 Å². The van der Waals surface area contributed by atoms with Gasteiger partial charge in [-0.05, 0) is 73.7 Å². The molecule has 2 aromatic heterocycles. The molecule has 4 fully saturated rings. The maximum atomic E-state index is 13.4. The van der Waals surface area contributed by atoms with Gasteiger partial charge in [-0.1, -0.05) is 24.3 Å². The summed E-state index contributed by atoms with van der Waals surface area (Å²) >= 11 is 0. The van der Waals surface area contributed by atoms with Gasteiger partial charge in [0.2, 0.25) is 11.8 Å². The molecule has 5 aromatic rings. The molecule has 15 nitrogen and oxygen atoms in total. The number of hydrogen-bond acceptors (Lipinski definition) is 12. The number of hydrogen-bond donors (Lipinski definition) is 2. The van der Waals surface area contributed by atoms with E-state index in [9.17, 15) is 19.2 Å². The highest BCUT2D eigenvalue weighted by Crippen LogP contribution is 2.41. The third kappa shape index (κ3) is 7.40. The van der Waals surface area contributed by atoms with E-state index in [-0.39, 0.29) is 24.3 Å². The van der Waals surface area contributed by atoms with Crippen LogP contribution in [-0.4, -0.2) is 122 Å². The number of carbonyl (C=O) groups excluding carboxylic acids is 4. The van der Waals surface area contributed by atoms with Gasteiger partial charge < -0.3 is 14.5 Å². The molecule has 59 heavy (non-hydrogen) atoms. The Morgan fingerprint density at radius 1 is 0.763 bits per heavy atom. The third-order valence-corrected chi connectivity index (χ3v) is 12.4. The van der Waals surface area contributed by atoms with Gasteiger partial charge in [0.25, 0.3) is 11.8 Å². The largest absolute Gasteiger partial charge is 0.488 e. The fourth-order valence-corrected chi connectivity index (χ4v) is 8.77. The maximum Gasteiger partial charge on any atom is 0.262 e. The van der Waals surface area contributed by atoms with Crippen molar-refractivity contribution in [2.75, 3.05) is 62.2 Å².